The Morgan fingerprint density at radius 3 is 2.96 bits per heavy atom. The van der Waals surface area contributed by atoms with Crippen molar-refractivity contribution in [3.8, 4) is 5.75 Å². The van der Waals surface area contributed by atoms with Crippen molar-refractivity contribution in [2.24, 2.45) is 0 Å². The molecule has 0 fully saturated rings. The monoisotopic (exact) mass is 364 g/mol. The number of benzene rings is 1. The van der Waals surface area contributed by atoms with E-state index in [1.54, 1.807) is 28.8 Å². The zero-order valence-corrected chi connectivity index (χ0v) is 14.7. The van der Waals surface area contributed by atoms with Crippen LogP contribution in [-0.2, 0) is 24.3 Å². The standard InChI is InChI=1S/C17H21ClN4O3/c18-13-6-1-2-7-14(13)25-12-16(23)19-9-5-11-22-17(24)21-10-4-3-8-15(21)20-22/h1-2,6-7H,3-5,8-12H2,(H,19,23). The molecule has 8 heteroatoms. The van der Waals surface area contributed by atoms with Crippen LogP contribution in [0.5, 0.6) is 5.75 Å². The first-order valence-electron chi connectivity index (χ1n) is 8.45. The summed E-state index contributed by atoms with van der Waals surface area (Å²) in [6, 6.07) is 7.01. The van der Waals surface area contributed by atoms with Crippen LogP contribution in [0.2, 0.25) is 5.02 Å². The summed E-state index contributed by atoms with van der Waals surface area (Å²) in [6.07, 6.45) is 3.60. The van der Waals surface area contributed by atoms with Crippen LogP contribution in [0.4, 0.5) is 0 Å². The van der Waals surface area contributed by atoms with Gasteiger partial charge in [0.05, 0.1) is 5.02 Å². The molecule has 0 atom stereocenters. The number of amides is 1. The number of nitrogens with zero attached hydrogens (tertiary/aromatic N) is 3. The number of nitrogens with one attached hydrogen (secondary N) is 1. The third kappa shape index (κ3) is 4.42. The van der Waals surface area contributed by atoms with Crippen LogP contribution in [0.15, 0.2) is 29.1 Å². The third-order valence-electron chi connectivity index (χ3n) is 4.10. The number of halogens is 1. The molecule has 1 aliphatic heterocycles. The zero-order valence-electron chi connectivity index (χ0n) is 13.9. The summed E-state index contributed by atoms with van der Waals surface area (Å²) in [6.45, 7) is 1.61. The molecule has 1 amide bonds. The van der Waals surface area contributed by atoms with Gasteiger partial charge in [-0.2, -0.15) is 5.10 Å². The van der Waals surface area contributed by atoms with Crippen molar-refractivity contribution in [3.63, 3.8) is 0 Å². The summed E-state index contributed by atoms with van der Waals surface area (Å²) in [5.74, 6) is 1.12. The van der Waals surface area contributed by atoms with Gasteiger partial charge in [0.2, 0.25) is 0 Å². The Labute approximate surface area is 150 Å². The van der Waals surface area contributed by atoms with Gasteiger partial charge in [-0.3, -0.25) is 9.36 Å². The van der Waals surface area contributed by atoms with E-state index >= 15 is 0 Å². The summed E-state index contributed by atoms with van der Waals surface area (Å²) in [5, 5.41) is 7.61. The second kappa shape index (κ2) is 8.20. The third-order valence-corrected chi connectivity index (χ3v) is 4.41. The molecule has 2 aromatic rings. The van der Waals surface area contributed by atoms with Gasteiger partial charge < -0.3 is 10.1 Å². The highest BCUT2D eigenvalue weighted by Gasteiger charge is 2.16. The van der Waals surface area contributed by atoms with Crippen LogP contribution in [0, 0.1) is 0 Å². The van der Waals surface area contributed by atoms with Gasteiger partial charge in [-0.05, 0) is 31.4 Å². The SMILES string of the molecule is O=C(COc1ccccc1Cl)NCCCn1nc2n(c1=O)CCCC2. The number of rotatable bonds is 7. The van der Waals surface area contributed by atoms with E-state index in [-0.39, 0.29) is 18.2 Å². The predicted octanol–water partition coefficient (Wildman–Crippen LogP) is 1.62. The first-order valence-corrected chi connectivity index (χ1v) is 8.83. The van der Waals surface area contributed by atoms with Gasteiger partial charge in [-0.25, -0.2) is 9.48 Å². The number of aromatic nitrogens is 3. The molecule has 134 valence electrons. The van der Waals surface area contributed by atoms with Gasteiger partial charge >= 0.3 is 5.69 Å². The lowest BCUT2D eigenvalue weighted by Crippen LogP contribution is -2.31. The van der Waals surface area contributed by atoms with E-state index in [1.807, 2.05) is 0 Å². The molecule has 0 unspecified atom stereocenters. The Kier molecular flexibility index (Phi) is 5.75. The lowest BCUT2D eigenvalue weighted by atomic mass is 10.2. The normalized spacial score (nSPS) is 13.3. The van der Waals surface area contributed by atoms with Crippen molar-refractivity contribution >= 4 is 17.5 Å². The first kappa shape index (κ1) is 17.5. The molecule has 7 nitrogen and oxygen atoms in total. The summed E-state index contributed by atoms with van der Waals surface area (Å²) < 4.78 is 8.62. The van der Waals surface area contributed by atoms with Crippen molar-refractivity contribution in [3.05, 3.63) is 45.6 Å². The van der Waals surface area contributed by atoms with Gasteiger partial charge in [0.1, 0.15) is 11.6 Å². The van der Waals surface area contributed by atoms with Crippen molar-refractivity contribution in [1.82, 2.24) is 19.7 Å². The molecule has 0 spiro atoms. The van der Waals surface area contributed by atoms with E-state index in [1.165, 1.54) is 4.68 Å². The number of carbonyl (C=O) groups excluding carboxylic acids is 1. The topological polar surface area (TPSA) is 78.2 Å². The van der Waals surface area contributed by atoms with Crippen molar-refractivity contribution in [2.45, 2.75) is 38.8 Å². The predicted molar refractivity (Wildman–Crippen MR) is 94.0 cm³/mol. The number of para-hydroxylation sites is 1. The van der Waals surface area contributed by atoms with Crippen LogP contribution in [-0.4, -0.2) is 33.4 Å². The van der Waals surface area contributed by atoms with Crippen molar-refractivity contribution in [1.29, 1.82) is 0 Å². The van der Waals surface area contributed by atoms with Gasteiger partial charge in [-0.1, -0.05) is 23.7 Å². The summed E-state index contributed by atoms with van der Waals surface area (Å²) in [7, 11) is 0. The number of hydrogen-bond donors (Lipinski definition) is 1. The van der Waals surface area contributed by atoms with E-state index in [0.717, 1.165) is 31.6 Å². The number of aryl methyl sites for hydroxylation is 2. The smallest absolute Gasteiger partial charge is 0.345 e. The van der Waals surface area contributed by atoms with Crippen LogP contribution in [0.3, 0.4) is 0 Å². The number of ether oxygens (including phenoxy) is 1. The molecule has 1 aliphatic rings. The molecule has 0 bridgehead atoms. The molecular weight excluding hydrogens is 344 g/mol. The Balaban J connectivity index is 1.40. The van der Waals surface area contributed by atoms with E-state index < -0.39 is 0 Å². The molecule has 3 rings (SSSR count). The average molecular weight is 365 g/mol. The molecule has 1 aromatic heterocycles. The molecule has 25 heavy (non-hydrogen) atoms. The highest BCUT2D eigenvalue weighted by molar-refractivity contribution is 6.32. The lowest BCUT2D eigenvalue weighted by Gasteiger charge is -2.09. The number of carbonyl (C=O) groups is 1. The first-order chi connectivity index (χ1) is 12.1. The van der Waals surface area contributed by atoms with Crippen LogP contribution >= 0.6 is 11.6 Å². The highest BCUT2D eigenvalue weighted by atomic mass is 35.5. The highest BCUT2D eigenvalue weighted by Crippen LogP contribution is 2.22. The molecule has 1 aromatic carbocycles. The largest absolute Gasteiger partial charge is 0.482 e. The van der Waals surface area contributed by atoms with E-state index in [2.05, 4.69) is 10.4 Å². The quantitative estimate of drug-likeness (QED) is 0.757. The van der Waals surface area contributed by atoms with Crippen LogP contribution in [0.1, 0.15) is 25.1 Å². The second-order valence-electron chi connectivity index (χ2n) is 5.95. The minimum absolute atomic E-state index is 0.0527. The van der Waals surface area contributed by atoms with Crippen molar-refractivity contribution in [2.75, 3.05) is 13.2 Å². The fraction of sp³-hybridized carbons (Fsp3) is 0.471. The van der Waals surface area contributed by atoms with E-state index in [4.69, 9.17) is 16.3 Å². The molecule has 0 saturated heterocycles. The minimum Gasteiger partial charge on any atom is -0.482 e. The zero-order chi connectivity index (χ0) is 17.6. The van der Waals surface area contributed by atoms with Gasteiger partial charge in [0.15, 0.2) is 6.61 Å². The fourth-order valence-electron chi connectivity index (χ4n) is 2.81. The molecule has 0 radical (unpaired) electrons. The number of hydrogen-bond acceptors (Lipinski definition) is 4. The van der Waals surface area contributed by atoms with Crippen LogP contribution in [0.25, 0.3) is 0 Å². The maximum atomic E-state index is 12.2. The van der Waals surface area contributed by atoms with E-state index in [0.29, 0.717) is 30.3 Å². The summed E-state index contributed by atoms with van der Waals surface area (Å²) in [4.78, 5) is 24.0. The molecular formula is C17H21ClN4O3. The maximum Gasteiger partial charge on any atom is 0.345 e. The Morgan fingerprint density at radius 1 is 1.32 bits per heavy atom. The van der Waals surface area contributed by atoms with Gasteiger partial charge in [-0.15, -0.1) is 0 Å². The number of fused-ring (bicyclic) bond motifs is 1. The molecule has 2 heterocycles. The van der Waals surface area contributed by atoms with Gasteiger partial charge in [0.25, 0.3) is 5.91 Å². The lowest BCUT2D eigenvalue weighted by molar-refractivity contribution is -0.123. The summed E-state index contributed by atoms with van der Waals surface area (Å²) in [5.41, 5.74) is -0.0527. The Bertz CT molecular complexity index is 799. The maximum absolute atomic E-state index is 12.2. The molecule has 1 N–H and O–H groups in total. The fourth-order valence-corrected chi connectivity index (χ4v) is 3.00. The van der Waals surface area contributed by atoms with E-state index in [9.17, 15) is 9.59 Å². The van der Waals surface area contributed by atoms with Gasteiger partial charge in [0, 0.05) is 26.1 Å². The Hall–Kier alpha value is -2.28. The second-order valence-corrected chi connectivity index (χ2v) is 6.36. The molecule has 0 saturated carbocycles. The average Bonchev–Trinajstić information content (AvgIpc) is 2.94. The molecule has 0 aliphatic carbocycles. The summed E-state index contributed by atoms with van der Waals surface area (Å²) >= 11 is 5.96. The minimum atomic E-state index is -0.226. The Morgan fingerprint density at radius 2 is 2.16 bits per heavy atom. The van der Waals surface area contributed by atoms with Crippen LogP contribution < -0.4 is 15.7 Å². The van der Waals surface area contributed by atoms with Crippen molar-refractivity contribution < 1.29 is 9.53 Å².